The van der Waals surface area contributed by atoms with Crippen LogP contribution in [0.3, 0.4) is 0 Å². The lowest BCUT2D eigenvalue weighted by molar-refractivity contribution is 0.152. The maximum absolute atomic E-state index is 11.0. The topological polar surface area (TPSA) is 88.2 Å². The standard InChI is InChI=1S/C8H15N3O2/c1-4-5-13-7(12)11-8(2,3)6(9)10/h4H,1,5H2,2-3H3,(H3,9,10)(H,11,12). The molecule has 74 valence electrons. The zero-order chi connectivity index (χ0) is 10.5. The summed E-state index contributed by atoms with van der Waals surface area (Å²) in [7, 11) is 0. The van der Waals surface area contributed by atoms with Crippen LogP contribution in [0, 0.1) is 5.41 Å². The Hall–Kier alpha value is -1.52. The summed E-state index contributed by atoms with van der Waals surface area (Å²) in [6.45, 7) is 6.76. The summed E-state index contributed by atoms with van der Waals surface area (Å²) in [5.41, 5.74) is 4.36. The van der Waals surface area contributed by atoms with E-state index in [1.807, 2.05) is 0 Å². The number of amides is 1. The van der Waals surface area contributed by atoms with Crippen molar-refractivity contribution in [2.45, 2.75) is 19.4 Å². The molecule has 0 saturated carbocycles. The zero-order valence-electron chi connectivity index (χ0n) is 7.89. The first-order valence-electron chi connectivity index (χ1n) is 3.80. The minimum absolute atomic E-state index is 0.122. The van der Waals surface area contributed by atoms with Crippen LogP contribution in [0.15, 0.2) is 12.7 Å². The lowest BCUT2D eigenvalue weighted by Crippen LogP contribution is -2.52. The van der Waals surface area contributed by atoms with Crippen LogP contribution in [-0.2, 0) is 4.74 Å². The molecule has 0 radical (unpaired) electrons. The van der Waals surface area contributed by atoms with E-state index in [2.05, 4.69) is 16.6 Å². The molecule has 0 saturated heterocycles. The molecule has 0 atom stereocenters. The van der Waals surface area contributed by atoms with Crippen LogP contribution >= 0.6 is 0 Å². The Balaban J connectivity index is 4.04. The fourth-order valence-corrected chi connectivity index (χ4v) is 0.493. The van der Waals surface area contributed by atoms with E-state index in [0.29, 0.717) is 0 Å². The summed E-state index contributed by atoms with van der Waals surface area (Å²) in [6.07, 6.45) is 0.848. The second-order valence-corrected chi connectivity index (χ2v) is 3.05. The van der Waals surface area contributed by atoms with Gasteiger partial charge in [-0.3, -0.25) is 5.41 Å². The molecule has 0 unspecified atom stereocenters. The van der Waals surface area contributed by atoms with Gasteiger partial charge in [0.05, 0.1) is 5.54 Å². The van der Waals surface area contributed by atoms with E-state index in [4.69, 9.17) is 11.1 Å². The summed E-state index contributed by atoms with van der Waals surface area (Å²) >= 11 is 0. The molecule has 5 nitrogen and oxygen atoms in total. The summed E-state index contributed by atoms with van der Waals surface area (Å²) in [6, 6.07) is 0. The molecule has 0 spiro atoms. The highest BCUT2D eigenvalue weighted by Crippen LogP contribution is 2.00. The van der Waals surface area contributed by atoms with Crippen molar-refractivity contribution in [1.82, 2.24) is 5.32 Å². The summed E-state index contributed by atoms with van der Waals surface area (Å²) in [5.74, 6) is -0.122. The van der Waals surface area contributed by atoms with E-state index in [0.717, 1.165) is 0 Å². The second-order valence-electron chi connectivity index (χ2n) is 3.05. The number of amidine groups is 1. The van der Waals surface area contributed by atoms with Crippen molar-refractivity contribution in [3.8, 4) is 0 Å². The Bertz CT molecular complexity index is 223. The van der Waals surface area contributed by atoms with Crippen molar-refractivity contribution in [3.05, 3.63) is 12.7 Å². The molecule has 0 aliphatic carbocycles. The lowest BCUT2D eigenvalue weighted by Gasteiger charge is -2.23. The van der Waals surface area contributed by atoms with Crippen molar-refractivity contribution >= 4 is 11.9 Å². The van der Waals surface area contributed by atoms with Crippen molar-refractivity contribution in [1.29, 1.82) is 5.41 Å². The third kappa shape index (κ3) is 4.15. The van der Waals surface area contributed by atoms with Crippen LogP contribution in [-0.4, -0.2) is 24.1 Å². The second kappa shape index (κ2) is 4.49. The SMILES string of the molecule is C=CCOC(=O)NC(C)(C)C(=N)N. The van der Waals surface area contributed by atoms with Crippen molar-refractivity contribution < 1.29 is 9.53 Å². The predicted octanol–water partition coefficient (Wildman–Crippen LogP) is 0.613. The molecule has 4 N–H and O–H groups in total. The molecule has 0 fully saturated rings. The van der Waals surface area contributed by atoms with Gasteiger partial charge in [-0.1, -0.05) is 12.7 Å². The lowest BCUT2D eigenvalue weighted by atomic mass is 10.1. The Kier molecular flexibility index (Phi) is 3.97. The van der Waals surface area contributed by atoms with Crippen LogP contribution in [0.1, 0.15) is 13.8 Å². The van der Waals surface area contributed by atoms with Crippen molar-refractivity contribution in [2.24, 2.45) is 5.73 Å². The van der Waals surface area contributed by atoms with Crippen LogP contribution < -0.4 is 11.1 Å². The van der Waals surface area contributed by atoms with Gasteiger partial charge >= 0.3 is 6.09 Å². The molecule has 0 aromatic rings. The highest BCUT2D eigenvalue weighted by atomic mass is 16.5. The Morgan fingerprint density at radius 3 is 2.69 bits per heavy atom. The Labute approximate surface area is 77.5 Å². The number of alkyl carbamates (subject to hydrolysis) is 1. The third-order valence-electron chi connectivity index (χ3n) is 1.42. The predicted molar refractivity (Wildman–Crippen MR) is 50.7 cm³/mol. The summed E-state index contributed by atoms with van der Waals surface area (Å²) < 4.78 is 4.66. The van der Waals surface area contributed by atoms with Gasteiger partial charge in [-0.25, -0.2) is 4.79 Å². The number of hydrogen-bond donors (Lipinski definition) is 3. The van der Waals surface area contributed by atoms with Gasteiger partial charge in [0.1, 0.15) is 12.4 Å². The molecule has 0 rings (SSSR count). The maximum atomic E-state index is 11.0. The Morgan fingerprint density at radius 1 is 1.77 bits per heavy atom. The van der Waals surface area contributed by atoms with Gasteiger partial charge in [-0.15, -0.1) is 0 Å². The van der Waals surface area contributed by atoms with Gasteiger partial charge in [0.25, 0.3) is 0 Å². The highest BCUT2D eigenvalue weighted by molar-refractivity contribution is 5.89. The summed E-state index contributed by atoms with van der Waals surface area (Å²) in [5, 5.41) is 9.59. The number of nitrogens with one attached hydrogen (secondary N) is 2. The molecule has 0 heterocycles. The summed E-state index contributed by atoms with van der Waals surface area (Å²) in [4.78, 5) is 11.0. The fourth-order valence-electron chi connectivity index (χ4n) is 0.493. The van der Waals surface area contributed by atoms with Gasteiger partial charge in [0.2, 0.25) is 0 Å². The molecule has 0 aromatic heterocycles. The number of ether oxygens (including phenoxy) is 1. The first-order valence-corrected chi connectivity index (χ1v) is 3.80. The van der Waals surface area contributed by atoms with Crippen LogP contribution in [0.25, 0.3) is 0 Å². The first kappa shape index (κ1) is 11.5. The molecule has 0 aliphatic heterocycles. The van der Waals surface area contributed by atoms with Crippen LogP contribution in [0.4, 0.5) is 4.79 Å². The maximum Gasteiger partial charge on any atom is 0.408 e. The van der Waals surface area contributed by atoms with Crippen molar-refractivity contribution in [3.63, 3.8) is 0 Å². The largest absolute Gasteiger partial charge is 0.445 e. The number of carbonyl (C=O) groups excluding carboxylic acids is 1. The molecule has 0 bridgehead atoms. The van der Waals surface area contributed by atoms with Gasteiger partial charge in [0.15, 0.2) is 0 Å². The molecule has 0 aliphatic rings. The van der Waals surface area contributed by atoms with Crippen LogP contribution in [0.2, 0.25) is 0 Å². The van der Waals surface area contributed by atoms with E-state index in [9.17, 15) is 4.79 Å². The van der Waals surface area contributed by atoms with Gasteiger partial charge in [-0.2, -0.15) is 0 Å². The van der Waals surface area contributed by atoms with Crippen molar-refractivity contribution in [2.75, 3.05) is 6.61 Å². The molecular formula is C8H15N3O2. The van der Waals surface area contributed by atoms with Crippen LogP contribution in [0.5, 0.6) is 0 Å². The van der Waals surface area contributed by atoms with Gasteiger partial charge in [-0.05, 0) is 13.8 Å². The molecule has 13 heavy (non-hydrogen) atoms. The quantitative estimate of drug-likeness (QED) is 0.340. The van der Waals surface area contributed by atoms with Gasteiger partial charge < -0.3 is 15.8 Å². The molecule has 5 heteroatoms. The highest BCUT2D eigenvalue weighted by Gasteiger charge is 2.24. The third-order valence-corrected chi connectivity index (χ3v) is 1.42. The number of hydrogen-bond acceptors (Lipinski definition) is 3. The average molecular weight is 185 g/mol. The smallest absolute Gasteiger partial charge is 0.408 e. The molecule has 1 amide bonds. The van der Waals surface area contributed by atoms with E-state index >= 15 is 0 Å². The monoisotopic (exact) mass is 185 g/mol. The average Bonchev–Trinajstić information content (AvgIpc) is 1.99. The Morgan fingerprint density at radius 2 is 2.31 bits per heavy atom. The number of nitrogens with two attached hydrogens (primary N) is 1. The zero-order valence-corrected chi connectivity index (χ0v) is 7.89. The first-order chi connectivity index (χ1) is 5.90. The molecular weight excluding hydrogens is 170 g/mol. The van der Waals surface area contributed by atoms with E-state index < -0.39 is 11.6 Å². The van der Waals surface area contributed by atoms with E-state index in [1.54, 1.807) is 13.8 Å². The van der Waals surface area contributed by atoms with E-state index in [-0.39, 0.29) is 12.4 Å². The number of rotatable bonds is 4. The normalized spacial score (nSPS) is 10.3. The minimum Gasteiger partial charge on any atom is -0.445 e. The minimum atomic E-state index is -0.877. The number of carbonyl (C=O) groups is 1. The molecule has 0 aromatic carbocycles. The fraction of sp³-hybridized carbons (Fsp3) is 0.500. The van der Waals surface area contributed by atoms with Gasteiger partial charge in [0, 0.05) is 0 Å². The van der Waals surface area contributed by atoms with E-state index in [1.165, 1.54) is 6.08 Å².